The minimum absolute atomic E-state index is 0.0504. The lowest BCUT2D eigenvalue weighted by atomic mass is 10.1. The molecule has 16 heavy (non-hydrogen) atoms. The molecule has 94 valence electrons. The lowest BCUT2D eigenvalue weighted by Gasteiger charge is -2.12. The first-order chi connectivity index (χ1) is 7.58. The van der Waals surface area contributed by atoms with Crippen molar-refractivity contribution < 1.29 is 9.90 Å². The summed E-state index contributed by atoms with van der Waals surface area (Å²) in [4.78, 5) is 11.4. The number of aliphatic hydroxyl groups excluding tert-OH is 1. The topological polar surface area (TPSA) is 61.4 Å². The molecule has 1 rings (SSSR count). The molecule has 1 fully saturated rings. The fourth-order valence-electron chi connectivity index (χ4n) is 1.57. The first kappa shape index (κ1) is 13.5. The van der Waals surface area contributed by atoms with E-state index in [1.54, 1.807) is 0 Å². The molecule has 0 bridgehead atoms. The largest absolute Gasteiger partial charge is 0.396 e. The molecule has 0 aromatic carbocycles. The Bertz CT molecular complexity index is 225. The second kappa shape index (κ2) is 6.21. The van der Waals surface area contributed by atoms with E-state index < -0.39 is 0 Å². The predicted molar refractivity (Wildman–Crippen MR) is 64.1 cm³/mol. The normalized spacial score (nSPS) is 17.5. The second-order valence-electron chi connectivity index (χ2n) is 5.29. The summed E-state index contributed by atoms with van der Waals surface area (Å²) in [7, 11) is 0. The Morgan fingerprint density at radius 1 is 1.44 bits per heavy atom. The van der Waals surface area contributed by atoms with E-state index in [9.17, 15) is 4.79 Å². The van der Waals surface area contributed by atoms with Crippen LogP contribution in [0.2, 0.25) is 0 Å². The zero-order valence-corrected chi connectivity index (χ0v) is 10.4. The van der Waals surface area contributed by atoms with Crippen LogP contribution in [0.25, 0.3) is 0 Å². The number of amides is 1. The number of aliphatic hydroxyl groups is 1. The van der Waals surface area contributed by atoms with Crippen LogP contribution in [0.5, 0.6) is 0 Å². The SMILES string of the molecule is CC(C)CCNC(=O)CNCC1(CO)CC1. The zero-order chi connectivity index (χ0) is 12.0. The Morgan fingerprint density at radius 3 is 2.62 bits per heavy atom. The minimum Gasteiger partial charge on any atom is -0.396 e. The highest BCUT2D eigenvalue weighted by molar-refractivity contribution is 5.77. The van der Waals surface area contributed by atoms with Crippen molar-refractivity contribution >= 4 is 5.91 Å². The monoisotopic (exact) mass is 228 g/mol. The first-order valence-electron chi connectivity index (χ1n) is 6.16. The fraction of sp³-hybridized carbons (Fsp3) is 0.917. The molecule has 0 spiro atoms. The second-order valence-corrected chi connectivity index (χ2v) is 5.29. The van der Waals surface area contributed by atoms with E-state index in [0.29, 0.717) is 12.5 Å². The summed E-state index contributed by atoms with van der Waals surface area (Å²) in [6.07, 6.45) is 3.17. The summed E-state index contributed by atoms with van der Waals surface area (Å²) in [5.74, 6) is 0.673. The highest BCUT2D eigenvalue weighted by Crippen LogP contribution is 2.44. The molecule has 0 radical (unpaired) electrons. The van der Waals surface area contributed by atoms with Gasteiger partial charge in [0, 0.05) is 25.1 Å². The molecule has 0 aromatic heterocycles. The Morgan fingerprint density at radius 2 is 2.12 bits per heavy atom. The number of hydrogen-bond donors (Lipinski definition) is 3. The molecule has 1 aliphatic rings. The van der Waals surface area contributed by atoms with Gasteiger partial charge in [-0.25, -0.2) is 0 Å². The van der Waals surface area contributed by atoms with E-state index in [1.165, 1.54) is 0 Å². The molecule has 1 aliphatic carbocycles. The maximum atomic E-state index is 11.4. The summed E-state index contributed by atoms with van der Waals surface area (Å²) in [5, 5.41) is 15.1. The van der Waals surface area contributed by atoms with Crippen molar-refractivity contribution in [2.75, 3.05) is 26.2 Å². The quantitative estimate of drug-likeness (QED) is 0.567. The average molecular weight is 228 g/mol. The van der Waals surface area contributed by atoms with Crippen LogP contribution in [0.4, 0.5) is 0 Å². The van der Waals surface area contributed by atoms with Gasteiger partial charge in [0.05, 0.1) is 6.54 Å². The number of carbonyl (C=O) groups excluding carboxylic acids is 1. The van der Waals surface area contributed by atoms with Gasteiger partial charge in [0.1, 0.15) is 0 Å². The molecular formula is C12H24N2O2. The molecule has 0 heterocycles. The van der Waals surface area contributed by atoms with E-state index in [-0.39, 0.29) is 17.9 Å². The summed E-state index contributed by atoms with van der Waals surface area (Å²) in [5.41, 5.74) is 0.0816. The molecule has 0 unspecified atom stereocenters. The molecule has 0 saturated heterocycles. The van der Waals surface area contributed by atoms with E-state index in [4.69, 9.17) is 5.11 Å². The summed E-state index contributed by atoms with van der Waals surface area (Å²) in [6.45, 7) is 6.38. The maximum absolute atomic E-state index is 11.4. The molecular weight excluding hydrogens is 204 g/mol. The maximum Gasteiger partial charge on any atom is 0.233 e. The first-order valence-corrected chi connectivity index (χ1v) is 6.16. The van der Waals surface area contributed by atoms with Gasteiger partial charge in [-0.1, -0.05) is 13.8 Å². The van der Waals surface area contributed by atoms with Crippen LogP contribution in [0.15, 0.2) is 0 Å². The highest BCUT2D eigenvalue weighted by Gasteiger charge is 2.41. The molecule has 3 N–H and O–H groups in total. The van der Waals surface area contributed by atoms with Crippen molar-refractivity contribution in [1.29, 1.82) is 0 Å². The third-order valence-corrected chi connectivity index (χ3v) is 3.12. The summed E-state index contributed by atoms with van der Waals surface area (Å²) >= 11 is 0. The van der Waals surface area contributed by atoms with Gasteiger partial charge in [-0.15, -0.1) is 0 Å². The van der Waals surface area contributed by atoms with Crippen molar-refractivity contribution in [3.63, 3.8) is 0 Å². The third-order valence-electron chi connectivity index (χ3n) is 3.12. The van der Waals surface area contributed by atoms with Gasteiger partial charge in [-0.05, 0) is 25.2 Å². The van der Waals surface area contributed by atoms with Crippen molar-refractivity contribution in [3.8, 4) is 0 Å². The molecule has 1 saturated carbocycles. The summed E-state index contributed by atoms with van der Waals surface area (Å²) < 4.78 is 0. The molecule has 0 aromatic rings. The standard InChI is InChI=1S/C12H24N2O2/c1-10(2)3-6-14-11(16)7-13-8-12(9-15)4-5-12/h10,13,15H,3-9H2,1-2H3,(H,14,16). The van der Waals surface area contributed by atoms with Crippen molar-refractivity contribution in [1.82, 2.24) is 10.6 Å². The van der Waals surface area contributed by atoms with Crippen molar-refractivity contribution in [2.24, 2.45) is 11.3 Å². The van der Waals surface area contributed by atoms with Crippen LogP contribution in [0.3, 0.4) is 0 Å². The molecule has 4 nitrogen and oxygen atoms in total. The number of rotatable bonds is 8. The van der Waals surface area contributed by atoms with Gasteiger partial charge < -0.3 is 15.7 Å². The Hall–Kier alpha value is -0.610. The predicted octanol–water partition coefficient (Wildman–Crippen LogP) is 0.511. The van der Waals surface area contributed by atoms with Crippen molar-refractivity contribution in [2.45, 2.75) is 33.1 Å². The van der Waals surface area contributed by atoms with Crippen LogP contribution in [0.1, 0.15) is 33.1 Å². The van der Waals surface area contributed by atoms with Crippen LogP contribution in [-0.2, 0) is 4.79 Å². The van der Waals surface area contributed by atoms with Gasteiger partial charge >= 0.3 is 0 Å². The minimum atomic E-state index is 0.0504. The van der Waals surface area contributed by atoms with Crippen LogP contribution < -0.4 is 10.6 Å². The molecule has 0 atom stereocenters. The Kier molecular flexibility index (Phi) is 5.22. The van der Waals surface area contributed by atoms with E-state index in [0.717, 1.165) is 32.4 Å². The highest BCUT2D eigenvalue weighted by atomic mass is 16.3. The average Bonchev–Trinajstić information content (AvgIpc) is 2.98. The van der Waals surface area contributed by atoms with E-state index >= 15 is 0 Å². The van der Waals surface area contributed by atoms with Crippen molar-refractivity contribution in [3.05, 3.63) is 0 Å². The van der Waals surface area contributed by atoms with Crippen LogP contribution in [-0.4, -0.2) is 37.3 Å². The van der Waals surface area contributed by atoms with E-state index in [1.807, 2.05) is 0 Å². The smallest absolute Gasteiger partial charge is 0.233 e. The number of hydrogen-bond acceptors (Lipinski definition) is 3. The van der Waals surface area contributed by atoms with Crippen LogP contribution >= 0.6 is 0 Å². The Labute approximate surface area is 97.8 Å². The summed E-state index contributed by atoms with van der Waals surface area (Å²) in [6, 6.07) is 0. The molecule has 1 amide bonds. The van der Waals surface area contributed by atoms with Gasteiger partial charge in [0.15, 0.2) is 0 Å². The van der Waals surface area contributed by atoms with E-state index in [2.05, 4.69) is 24.5 Å². The Balaban J connectivity index is 1.98. The number of carbonyl (C=O) groups is 1. The van der Waals surface area contributed by atoms with Gasteiger partial charge in [0.25, 0.3) is 0 Å². The molecule has 4 heteroatoms. The van der Waals surface area contributed by atoms with Gasteiger partial charge in [-0.3, -0.25) is 4.79 Å². The fourth-order valence-corrected chi connectivity index (χ4v) is 1.57. The van der Waals surface area contributed by atoms with Gasteiger partial charge in [-0.2, -0.15) is 0 Å². The lowest BCUT2D eigenvalue weighted by molar-refractivity contribution is -0.120. The number of nitrogens with one attached hydrogen (secondary N) is 2. The van der Waals surface area contributed by atoms with Gasteiger partial charge in [0.2, 0.25) is 5.91 Å². The molecule has 0 aliphatic heterocycles. The van der Waals surface area contributed by atoms with Crippen LogP contribution in [0, 0.1) is 11.3 Å². The lowest BCUT2D eigenvalue weighted by Crippen LogP contribution is -2.37. The third kappa shape index (κ3) is 4.94. The zero-order valence-electron chi connectivity index (χ0n) is 10.4.